The third-order valence-corrected chi connectivity index (χ3v) is 5.29. The molecule has 0 radical (unpaired) electrons. The van der Waals surface area contributed by atoms with Crippen molar-refractivity contribution >= 4 is 12.1 Å². The van der Waals surface area contributed by atoms with Crippen LogP contribution in [0.4, 0.5) is 14.6 Å². The Hall–Kier alpha value is -3.42. The first-order valence-corrected chi connectivity index (χ1v) is 9.45. The summed E-state index contributed by atoms with van der Waals surface area (Å²) in [5.41, 5.74) is 2.68. The van der Waals surface area contributed by atoms with Crippen molar-refractivity contribution in [3.63, 3.8) is 0 Å². The molecule has 1 aliphatic heterocycles. The van der Waals surface area contributed by atoms with E-state index in [2.05, 4.69) is 10.4 Å². The second-order valence-electron chi connectivity index (χ2n) is 7.05. The van der Waals surface area contributed by atoms with Gasteiger partial charge in [0.15, 0.2) is 11.5 Å². The highest BCUT2D eigenvalue weighted by molar-refractivity contribution is 5.76. The van der Waals surface area contributed by atoms with Gasteiger partial charge in [0, 0.05) is 17.2 Å². The molecule has 1 aliphatic rings. The van der Waals surface area contributed by atoms with Crippen LogP contribution >= 0.6 is 0 Å². The zero-order valence-electron chi connectivity index (χ0n) is 16.5. The Kier molecular flexibility index (Phi) is 5.39. The van der Waals surface area contributed by atoms with Crippen LogP contribution in [0.15, 0.2) is 48.5 Å². The number of halogens is 2. The molecule has 0 spiro atoms. The van der Waals surface area contributed by atoms with E-state index < -0.39 is 12.5 Å². The van der Waals surface area contributed by atoms with Gasteiger partial charge in [0.25, 0.3) is 6.43 Å². The number of hydrogen-bond acceptors (Lipinski definition) is 5. The molecule has 6 nitrogen and oxygen atoms in total. The molecule has 0 fully saturated rings. The van der Waals surface area contributed by atoms with Crippen molar-refractivity contribution in [1.82, 2.24) is 9.78 Å². The molecule has 0 aliphatic carbocycles. The maximum absolute atomic E-state index is 13.9. The van der Waals surface area contributed by atoms with Crippen molar-refractivity contribution in [1.29, 1.82) is 0 Å². The lowest BCUT2D eigenvalue weighted by molar-refractivity contribution is 0.0659. The van der Waals surface area contributed by atoms with Crippen molar-refractivity contribution < 1.29 is 23.0 Å². The Morgan fingerprint density at radius 3 is 2.47 bits per heavy atom. The molecule has 8 heteroatoms. The van der Waals surface area contributed by atoms with Crippen LogP contribution in [0.3, 0.4) is 0 Å². The highest BCUT2D eigenvalue weighted by Crippen LogP contribution is 2.41. The van der Waals surface area contributed by atoms with E-state index in [1.54, 1.807) is 49.6 Å². The average molecular weight is 413 g/mol. The minimum atomic E-state index is -2.57. The maximum atomic E-state index is 13.9. The van der Waals surface area contributed by atoms with Gasteiger partial charge in [-0.1, -0.05) is 30.3 Å². The molecule has 1 N–H and O–H groups in total. The van der Waals surface area contributed by atoms with E-state index >= 15 is 0 Å². The summed E-state index contributed by atoms with van der Waals surface area (Å²) in [6.07, 6.45) is -1.64. The van der Waals surface area contributed by atoms with Gasteiger partial charge in [-0.3, -0.25) is 4.79 Å². The number of methoxy groups -OCH3 is 2. The molecule has 2 unspecified atom stereocenters. The van der Waals surface area contributed by atoms with Crippen LogP contribution in [-0.2, 0) is 0 Å². The molecule has 2 atom stereocenters. The summed E-state index contributed by atoms with van der Waals surface area (Å²) in [4.78, 5) is 10.9. The molecule has 3 aromatic rings. The van der Waals surface area contributed by atoms with E-state index in [9.17, 15) is 13.6 Å². The molecule has 0 bridgehead atoms. The normalized spacial score (nSPS) is 17.9. The fourth-order valence-corrected chi connectivity index (χ4v) is 3.71. The average Bonchev–Trinajstić information content (AvgIpc) is 3.22. The number of aldehydes is 1. The minimum absolute atomic E-state index is 0.172. The number of anilines is 1. The number of benzene rings is 2. The smallest absolute Gasteiger partial charge is 0.260 e. The van der Waals surface area contributed by atoms with Crippen molar-refractivity contribution in [2.75, 3.05) is 19.5 Å². The first kappa shape index (κ1) is 19.9. The van der Waals surface area contributed by atoms with Crippen molar-refractivity contribution in [3.05, 3.63) is 59.7 Å². The van der Waals surface area contributed by atoms with E-state index in [4.69, 9.17) is 9.47 Å². The molecule has 2 aromatic carbocycles. The first-order chi connectivity index (χ1) is 14.5. The highest BCUT2D eigenvalue weighted by Gasteiger charge is 2.35. The SMILES string of the molecule is COc1ccc(C2CC(C(F)F)n3nc(-c4ccc(C=O)cc4)cc3N2)cc1OC. The lowest BCUT2D eigenvalue weighted by atomic mass is 9.97. The van der Waals surface area contributed by atoms with E-state index in [0.717, 1.165) is 17.4 Å². The first-order valence-electron chi connectivity index (χ1n) is 9.45. The lowest BCUT2D eigenvalue weighted by Gasteiger charge is -2.32. The summed E-state index contributed by atoms with van der Waals surface area (Å²) in [6.45, 7) is 0. The topological polar surface area (TPSA) is 65.4 Å². The number of alkyl halides is 2. The third-order valence-electron chi connectivity index (χ3n) is 5.29. The Balaban J connectivity index is 1.69. The fourth-order valence-electron chi connectivity index (χ4n) is 3.71. The van der Waals surface area contributed by atoms with Gasteiger partial charge in [0.1, 0.15) is 18.1 Å². The largest absolute Gasteiger partial charge is 0.493 e. The number of carbonyl (C=O) groups is 1. The van der Waals surface area contributed by atoms with Crippen LogP contribution in [0.1, 0.15) is 34.4 Å². The second-order valence-corrected chi connectivity index (χ2v) is 7.05. The summed E-state index contributed by atoms with van der Waals surface area (Å²) in [5, 5.41) is 7.72. The molecule has 1 aromatic heterocycles. The quantitative estimate of drug-likeness (QED) is 0.591. The van der Waals surface area contributed by atoms with Gasteiger partial charge >= 0.3 is 0 Å². The highest BCUT2D eigenvalue weighted by atomic mass is 19.3. The van der Waals surface area contributed by atoms with E-state index in [1.165, 1.54) is 11.8 Å². The molecule has 0 amide bonds. The fraction of sp³-hybridized carbons (Fsp3) is 0.273. The van der Waals surface area contributed by atoms with E-state index in [1.807, 2.05) is 6.07 Å². The Labute approximate surface area is 172 Å². The van der Waals surface area contributed by atoms with Gasteiger partial charge in [-0.05, 0) is 24.1 Å². The minimum Gasteiger partial charge on any atom is -0.493 e. The predicted octanol–water partition coefficient (Wildman–Crippen LogP) is 4.74. The Bertz CT molecular complexity index is 1050. The summed E-state index contributed by atoms with van der Waals surface area (Å²) in [6, 6.07) is 12.6. The third kappa shape index (κ3) is 3.60. The molecule has 30 heavy (non-hydrogen) atoms. The van der Waals surface area contributed by atoms with E-state index in [0.29, 0.717) is 28.6 Å². The zero-order chi connectivity index (χ0) is 21.3. The lowest BCUT2D eigenvalue weighted by Crippen LogP contribution is -2.30. The van der Waals surface area contributed by atoms with Crippen LogP contribution in [-0.4, -0.2) is 36.7 Å². The molecule has 0 saturated carbocycles. The van der Waals surface area contributed by atoms with Gasteiger partial charge in [-0.2, -0.15) is 5.10 Å². The number of hydrogen-bond donors (Lipinski definition) is 1. The Morgan fingerprint density at radius 1 is 1.10 bits per heavy atom. The molecule has 2 heterocycles. The number of fused-ring (bicyclic) bond motifs is 1. The van der Waals surface area contributed by atoms with Crippen molar-refractivity contribution in [2.24, 2.45) is 0 Å². The standard InChI is InChI=1S/C22H21F2N3O3/c1-29-19-8-7-15(9-20(19)30-2)16-10-18(22(23)24)27-21(25-16)11-17(26-27)14-5-3-13(12-28)4-6-14/h3-9,11-12,16,18,22,25H,10H2,1-2H3. The van der Waals surface area contributed by atoms with Crippen LogP contribution in [0, 0.1) is 0 Å². The number of carbonyl (C=O) groups excluding carboxylic acids is 1. The summed E-state index contributed by atoms with van der Waals surface area (Å²) in [5.74, 6) is 1.63. The molecule has 0 saturated heterocycles. The number of nitrogens with one attached hydrogen (secondary N) is 1. The number of aromatic nitrogens is 2. The van der Waals surface area contributed by atoms with Gasteiger partial charge in [0.2, 0.25) is 0 Å². The monoisotopic (exact) mass is 413 g/mol. The maximum Gasteiger partial charge on any atom is 0.260 e. The van der Waals surface area contributed by atoms with Crippen LogP contribution in [0.25, 0.3) is 11.3 Å². The molecule has 156 valence electrons. The molecule has 4 rings (SSSR count). The Morgan fingerprint density at radius 2 is 1.83 bits per heavy atom. The van der Waals surface area contributed by atoms with Crippen LogP contribution in [0.2, 0.25) is 0 Å². The number of ether oxygens (including phenoxy) is 2. The summed E-state index contributed by atoms with van der Waals surface area (Å²) >= 11 is 0. The van der Waals surface area contributed by atoms with Gasteiger partial charge in [0.05, 0.1) is 26.0 Å². The molecular weight excluding hydrogens is 392 g/mol. The van der Waals surface area contributed by atoms with Crippen molar-refractivity contribution in [3.8, 4) is 22.8 Å². The van der Waals surface area contributed by atoms with Gasteiger partial charge < -0.3 is 14.8 Å². The summed E-state index contributed by atoms with van der Waals surface area (Å²) < 4.78 is 39.7. The van der Waals surface area contributed by atoms with Crippen LogP contribution < -0.4 is 14.8 Å². The predicted molar refractivity (Wildman–Crippen MR) is 109 cm³/mol. The number of rotatable bonds is 6. The molecular formula is C22H21F2N3O3. The van der Waals surface area contributed by atoms with Gasteiger partial charge in [-0.25, -0.2) is 13.5 Å². The second kappa shape index (κ2) is 8.14. The summed E-state index contributed by atoms with van der Waals surface area (Å²) in [7, 11) is 3.08. The zero-order valence-corrected chi connectivity index (χ0v) is 16.5. The van der Waals surface area contributed by atoms with E-state index in [-0.39, 0.29) is 12.5 Å². The van der Waals surface area contributed by atoms with Crippen LogP contribution in [0.5, 0.6) is 11.5 Å². The number of nitrogens with zero attached hydrogens (tertiary/aromatic N) is 2. The van der Waals surface area contributed by atoms with Crippen molar-refractivity contribution in [2.45, 2.75) is 24.9 Å². The van der Waals surface area contributed by atoms with Gasteiger partial charge in [-0.15, -0.1) is 0 Å².